The van der Waals surface area contributed by atoms with Crippen LogP contribution in [-0.2, 0) is 4.79 Å². The Morgan fingerprint density at radius 2 is 1.96 bits per heavy atom. The van der Waals surface area contributed by atoms with Crippen molar-refractivity contribution in [2.45, 2.75) is 31.9 Å². The SMILES string of the molecule is CC(=O)Nc1ccc(OCC(O)CN2CCCC2c2ccc(F)cc2)cc1. The van der Waals surface area contributed by atoms with Gasteiger partial charge in [0.1, 0.15) is 24.3 Å². The second-order valence-electron chi connectivity index (χ2n) is 6.87. The molecule has 6 heteroatoms. The van der Waals surface area contributed by atoms with Gasteiger partial charge in [0.05, 0.1) is 0 Å². The number of anilines is 1. The van der Waals surface area contributed by atoms with E-state index in [-0.39, 0.29) is 24.4 Å². The summed E-state index contributed by atoms with van der Waals surface area (Å²) in [7, 11) is 0. The van der Waals surface area contributed by atoms with Crippen LogP contribution in [0.5, 0.6) is 5.75 Å². The Balaban J connectivity index is 1.50. The number of hydrogen-bond donors (Lipinski definition) is 2. The summed E-state index contributed by atoms with van der Waals surface area (Å²) in [6, 6.07) is 13.8. The second kappa shape index (κ2) is 8.97. The fraction of sp³-hybridized carbons (Fsp3) is 0.381. The molecule has 2 aromatic rings. The number of carbonyl (C=O) groups is 1. The number of hydrogen-bond acceptors (Lipinski definition) is 4. The molecular weight excluding hydrogens is 347 g/mol. The molecule has 2 atom stereocenters. The molecule has 2 aromatic carbocycles. The molecule has 2 unspecified atom stereocenters. The van der Waals surface area contributed by atoms with Gasteiger partial charge >= 0.3 is 0 Å². The van der Waals surface area contributed by atoms with E-state index in [9.17, 15) is 14.3 Å². The molecule has 2 N–H and O–H groups in total. The molecule has 144 valence electrons. The van der Waals surface area contributed by atoms with Gasteiger partial charge in [-0.3, -0.25) is 9.69 Å². The Hall–Kier alpha value is -2.44. The average Bonchev–Trinajstić information content (AvgIpc) is 3.09. The first-order valence-electron chi connectivity index (χ1n) is 9.19. The molecule has 1 saturated heterocycles. The van der Waals surface area contributed by atoms with Crippen molar-refractivity contribution in [2.75, 3.05) is 25.0 Å². The van der Waals surface area contributed by atoms with Gasteiger partial charge in [-0.05, 0) is 61.3 Å². The average molecular weight is 372 g/mol. The minimum Gasteiger partial charge on any atom is -0.491 e. The second-order valence-corrected chi connectivity index (χ2v) is 6.87. The van der Waals surface area contributed by atoms with Crippen molar-refractivity contribution in [3.63, 3.8) is 0 Å². The van der Waals surface area contributed by atoms with Crippen LogP contribution in [0.2, 0.25) is 0 Å². The number of nitrogens with zero attached hydrogens (tertiary/aromatic N) is 1. The van der Waals surface area contributed by atoms with Crippen molar-refractivity contribution in [1.82, 2.24) is 4.90 Å². The van der Waals surface area contributed by atoms with E-state index in [0.717, 1.165) is 24.9 Å². The third kappa shape index (κ3) is 5.52. The molecule has 1 fully saturated rings. The van der Waals surface area contributed by atoms with Crippen LogP contribution in [0.4, 0.5) is 10.1 Å². The van der Waals surface area contributed by atoms with Gasteiger partial charge in [-0.2, -0.15) is 0 Å². The number of aliphatic hydroxyl groups is 1. The predicted molar refractivity (Wildman–Crippen MR) is 102 cm³/mol. The highest BCUT2D eigenvalue weighted by molar-refractivity contribution is 5.88. The van der Waals surface area contributed by atoms with Gasteiger partial charge in [-0.25, -0.2) is 4.39 Å². The fourth-order valence-corrected chi connectivity index (χ4v) is 3.46. The zero-order chi connectivity index (χ0) is 19.2. The lowest BCUT2D eigenvalue weighted by atomic mass is 10.0. The maximum atomic E-state index is 13.1. The van der Waals surface area contributed by atoms with Crippen molar-refractivity contribution >= 4 is 11.6 Å². The summed E-state index contributed by atoms with van der Waals surface area (Å²) in [6.07, 6.45) is 1.44. The largest absolute Gasteiger partial charge is 0.491 e. The van der Waals surface area contributed by atoms with Gasteiger partial charge < -0.3 is 15.2 Å². The molecule has 0 spiro atoms. The summed E-state index contributed by atoms with van der Waals surface area (Å²) in [5.41, 5.74) is 1.78. The van der Waals surface area contributed by atoms with Crippen LogP contribution in [0, 0.1) is 5.82 Å². The predicted octanol–water partition coefficient (Wildman–Crippen LogP) is 3.36. The Morgan fingerprint density at radius 1 is 1.26 bits per heavy atom. The van der Waals surface area contributed by atoms with E-state index in [1.54, 1.807) is 24.3 Å². The summed E-state index contributed by atoms with van der Waals surface area (Å²) in [6.45, 7) is 3.06. The van der Waals surface area contributed by atoms with Crippen LogP contribution >= 0.6 is 0 Å². The summed E-state index contributed by atoms with van der Waals surface area (Å²) >= 11 is 0. The first-order valence-corrected chi connectivity index (χ1v) is 9.19. The van der Waals surface area contributed by atoms with Gasteiger partial charge in [0.15, 0.2) is 0 Å². The molecular formula is C21H25FN2O3. The standard InChI is InChI=1S/C21H25FN2O3/c1-15(25)23-18-8-10-20(11-9-18)27-14-19(26)13-24-12-2-3-21(24)16-4-6-17(22)7-5-16/h4-11,19,21,26H,2-3,12-14H2,1H3,(H,23,25). The van der Waals surface area contributed by atoms with Crippen LogP contribution in [-0.4, -0.2) is 41.7 Å². The lowest BCUT2D eigenvalue weighted by molar-refractivity contribution is -0.114. The smallest absolute Gasteiger partial charge is 0.221 e. The molecule has 0 saturated carbocycles. The highest BCUT2D eigenvalue weighted by atomic mass is 19.1. The Labute approximate surface area is 158 Å². The van der Waals surface area contributed by atoms with E-state index in [0.29, 0.717) is 18.0 Å². The number of β-amino-alcohol motifs (C(OH)–C–C–N with tert-alkyl or cyclic N) is 1. The van der Waals surface area contributed by atoms with Crippen LogP contribution in [0.1, 0.15) is 31.4 Å². The number of rotatable bonds is 7. The summed E-state index contributed by atoms with van der Waals surface area (Å²) < 4.78 is 18.8. The highest BCUT2D eigenvalue weighted by Crippen LogP contribution is 2.32. The van der Waals surface area contributed by atoms with Gasteiger partial charge in [0.2, 0.25) is 5.91 Å². The number of nitrogens with one attached hydrogen (secondary N) is 1. The summed E-state index contributed by atoms with van der Waals surface area (Å²) in [5.74, 6) is 0.279. The maximum Gasteiger partial charge on any atom is 0.221 e. The topological polar surface area (TPSA) is 61.8 Å². The molecule has 0 radical (unpaired) electrons. The molecule has 0 bridgehead atoms. The number of benzene rings is 2. The van der Waals surface area contributed by atoms with Gasteiger partial charge in [0.25, 0.3) is 0 Å². The van der Waals surface area contributed by atoms with E-state index in [4.69, 9.17) is 4.74 Å². The molecule has 1 amide bonds. The highest BCUT2D eigenvalue weighted by Gasteiger charge is 2.27. The molecule has 1 aliphatic heterocycles. The molecule has 3 rings (SSSR count). The minimum atomic E-state index is -0.624. The number of amides is 1. The number of carbonyl (C=O) groups excluding carboxylic acids is 1. The van der Waals surface area contributed by atoms with Crippen molar-refractivity contribution < 1.29 is 19.0 Å². The molecule has 0 aliphatic carbocycles. The first-order chi connectivity index (χ1) is 13.0. The Morgan fingerprint density at radius 3 is 2.63 bits per heavy atom. The van der Waals surface area contributed by atoms with Crippen molar-refractivity contribution in [3.8, 4) is 5.75 Å². The van der Waals surface area contributed by atoms with Crippen molar-refractivity contribution in [2.24, 2.45) is 0 Å². The zero-order valence-electron chi connectivity index (χ0n) is 15.4. The Kier molecular flexibility index (Phi) is 6.42. The van der Waals surface area contributed by atoms with E-state index in [1.807, 2.05) is 12.1 Å². The third-order valence-electron chi connectivity index (χ3n) is 4.68. The quantitative estimate of drug-likeness (QED) is 0.782. The van der Waals surface area contributed by atoms with Gasteiger partial charge in [-0.1, -0.05) is 12.1 Å². The van der Waals surface area contributed by atoms with E-state index in [1.165, 1.54) is 19.1 Å². The maximum absolute atomic E-state index is 13.1. The number of halogens is 1. The monoisotopic (exact) mass is 372 g/mol. The molecule has 5 nitrogen and oxygen atoms in total. The molecule has 0 aromatic heterocycles. The number of ether oxygens (including phenoxy) is 1. The van der Waals surface area contributed by atoms with Crippen LogP contribution in [0.25, 0.3) is 0 Å². The normalized spacial score (nSPS) is 18.3. The number of likely N-dealkylation sites (tertiary alicyclic amines) is 1. The van der Waals surface area contributed by atoms with Gasteiger partial charge in [0, 0.05) is 25.2 Å². The van der Waals surface area contributed by atoms with E-state index in [2.05, 4.69) is 10.2 Å². The lowest BCUT2D eigenvalue weighted by Crippen LogP contribution is -2.35. The van der Waals surface area contributed by atoms with E-state index < -0.39 is 6.10 Å². The molecule has 27 heavy (non-hydrogen) atoms. The summed E-state index contributed by atoms with van der Waals surface area (Å²) in [4.78, 5) is 13.2. The van der Waals surface area contributed by atoms with Crippen molar-refractivity contribution in [3.05, 3.63) is 59.9 Å². The summed E-state index contributed by atoms with van der Waals surface area (Å²) in [5, 5.41) is 13.1. The molecule has 1 aliphatic rings. The fourth-order valence-electron chi connectivity index (χ4n) is 3.46. The van der Waals surface area contributed by atoms with E-state index >= 15 is 0 Å². The van der Waals surface area contributed by atoms with Gasteiger partial charge in [-0.15, -0.1) is 0 Å². The van der Waals surface area contributed by atoms with Crippen LogP contribution in [0.3, 0.4) is 0 Å². The zero-order valence-corrected chi connectivity index (χ0v) is 15.4. The van der Waals surface area contributed by atoms with Crippen LogP contribution < -0.4 is 10.1 Å². The third-order valence-corrected chi connectivity index (χ3v) is 4.68. The lowest BCUT2D eigenvalue weighted by Gasteiger charge is -2.27. The first kappa shape index (κ1) is 19.3. The van der Waals surface area contributed by atoms with Crippen molar-refractivity contribution in [1.29, 1.82) is 0 Å². The minimum absolute atomic E-state index is 0.125. The number of aliphatic hydroxyl groups excluding tert-OH is 1. The Bertz CT molecular complexity index is 749. The molecule has 1 heterocycles. The van der Waals surface area contributed by atoms with Crippen LogP contribution in [0.15, 0.2) is 48.5 Å².